The van der Waals surface area contributed by atoms with E-state index >= 15 is 0 Å². The van der Waals surface area contributed by atoms with Crippen molar-refractivity contribution in [2.45, 2.75) is 11.3 Å². The predicted molar refractivity (Wildman–Crippen MR) is 83.3 cm³/mol. The average molecular weight is 273 g/mol. The summed E-state index contributed by atoms with van der Waals surface area (Å²) in [6.07, 6.45) is 3.05. The van der Waals surface area contributed by atoms with Crippen LogP contribution < -0.4 is 10.1 Å². The second-order valence-corrected chi connectivity index (χ2v) is 4.99. The van der Waals surface area contributed by atoms with Gasteiger partial charge in [-0.25, -0.2) is 0 Å². The van der Waals surface area contributed by atoms with E-state index in [0.717, 1.165) is 31.0 Å². The van der Waals surface area contributed by atoms with Crippen LogP contribution in [0.2, 0.25) is 0 Å². The van der Waals surface area contributed by atoms with E-state index in [1.54, 1.807) is 11.8 Å². The van der Waals surface area contributed by atoms with Crippen molar-refractivity contribution in [2.24, 2.45) is 0 Å². The molecule has 0 fully saturated rings. The Labute approximate surface area is 119 Å². The molecule has 0 amide bonds. The highest BCUT2D eigenvalue weighted by molar-refractivity contribution is 7.98. The van der Waals surface area contributed by atoms with E-state index in [0.29, 0.717) is 0 Å². The zero-order valence-electron chi connectivity index (χ0n) is 11.1. The fourth-order valence-corrected chi connectivity index (χ4v) is 2.32. The number of thioether (sulfide) groups is 1. The van der Waals surface area contributed by atoms with Crippen molar-refractivity contribution in [1.29, 1.82) is 0 Å². The minimum Gasteiger partial charge on any atom is -0.492 e. The van der Waals surface area contributed by atoms with Crippen LogP contribution in [0.25, 0.3) is 0 Å². The van der Waals surface area contributed by atoms with Gasteiger partial charge in [0.05, 0.1) is 6.61 Å². The van der Waals surface area contributed by atoms with Crippen molar-refractivity contribution >= 4 is 17.4 Å². The molecular formula is C16H19NOS. The second kappa shape index (κ2) is 7.74. The first-order chi connectivity index (χ1) is 9.40. The van der Waals surface area contributed by atoms with Gasteiger partial charge in [0.15, 0.2) is 0 Å². The first kappa shape index (κ1) is 13.8. The largest absolute Gasteiger partial charge is 0.492 e. The summed E-state index contributed by atoms with van der Waals surface area (Å²) in [6.45, 7) is 1.66. The fourth-order valence-electron chi connectivity index (χ4n) is 1.78. The summed E-state index contributed by atoms with van der Waals surface area (Å²) in [7, 11) is 0. The Morgan fingerprint density at radius 2 is 1.74 bits per heavy atom. The lowest BCUT2D eigenvalue weighted by molar-refractivity contribution is 0.308. The highest BCUT2D eigenvalue weighted by Gasteiger charge is 2.00. The Hall–Kier alpha value is -1.61. The van der Waals surface area contributed by atoms with E-state index in [1.807, 2.05) is 36.4 Å². The SMILES string of the molecule is CSc1ccccc1OCCCNc1ccccc1. The van der Waals surface area contributed by atoms with E-state index in [4.69, 9.17) is 4.74 Å². The van der Waals surface area contributed by atoms with Crippen LogP contribution in [0, 0.1) is 0 Å². The van der Waals surface area contributed by atoms with Crippen LogP contribution in [0.15, 0.2) is 59.5 Å². The molecule has 2 aromatic carbocycles. The van der Waals surface area contributed by atoms with Crippen LogP contribution >= 0.6 is 11.8 Å². The molecule has 0 heterocycles. The van der Waals surface area contributed by atoms with E-state index in [1.165, 1.54) is 4.90 Å². The van der Waals surface area contributed by atoms with Crippen LogP contribution in [0.4, 0.5) is 5.69 Å². The molecule has 0 aromatic heterocycles. The van der Waals surface area contributed by atoms with Gasteiger partial charge in [-0.3, -0.25) is 0 Å². The maximum absolute atomic E-state index is 5.81. The standard InChI is InChI=1S/C16H19NOS/c1-19-16-11-6-5-10-15(16)18-13-7-12-17-14-8-3-2-4-9-14/h2-6,8-11,17H,7,12-13H2,1H3. The van der Waals surface area contributed by atoms with E-state index in [2.05, 4.69) is 29.8 Å². The number of anilines is 1. The zero-order valence-corrected chi connectivity index (χ0v) is 12.0. The lowest BCUT2D eigenvalue weighted by Gasteiger charge is -2.10. The first-order valence-electron chi connectivity index (χ1n) is 6.45. The molecule has 2 rings (SSSR count). The number of hydrogen-bond donors (Lipinski definition) is 1. The number of nitrogens with one attached hydrogen (secondary N) is 1. The van der Waals surface area contributed by atoms with Gasteiger partial charge in [0.25, 0.3) is 0 Å². The van der Waals surface area contributed by atoms with Crippen molar-refractivity contribution in [1.82, 2.24) is 0 Å². The Kier molecular flexibility index (Phi) is 5.63. The molecule has 0 aliphatic carbocycles. The van der Waals surface area contributed by atoms with Gasteiger partial charge >= 0.3 is 0 Å². The summed E-state index contributed by atoms with van der Waals surface area (Å²) in [5, 5.41) is 3.37. The third-order valence-corrected chi connectivity index (χ3v) is 3.53. The van der Waals surface area contributed by atoms with Crippen LogP contribution in [-0.2, 0) is 0 Å². The lowest BCUT2D eigenvalue weighted by atomic mass is 10.3. The van der Waals surface area contributed by atoms with Crippen molar-refractivity contribution in [2.75, 3.05) is 24.7 Å². The number of hydrogen-bond acceptors (Lipinski definition) is 3. The molecule has 0 unspecified atom stereocenters. The third-order valence-electron chi connectivity index (χ3n) is 2.75. The van der Waals surface area contributed by atoms with Crippen LogP contribution in [-0.4, -0.2) is 19.4 Å². The third kappa shape index (κ3) is 4.52. The lowest BCUT2D eigenvalue weighted by Crippen LogP contribution is -2.07. The van der Waals surface area contributed by atoms with Crippen LogP contribution in [0.5, 0.6) is 5.75 Å². The molecule has 0 aliphatic heterocycles. The van der Waals surface area contributed by atoms with Gasteiger partial charge in [-0.2, -0.15) is 0 Å². The Balaban J connectivity index is 1.69. The van der Waals surface area contributed by atoms with Crippen molar-refractivity contribution in [3.8, 4) is 5.75 Å². The monoisotopic (exact) mass is 273 g/mol. The van der Waals surface area contributed by atoms with Crippen molar-refractivity contribution < 1.29 is 4.74 Å². The maximum atomic E-state index is 5.81. The summed E-state index contributed by atoms with van der Waals surface area (Å²) in [5.74, 6) is 0.981. The van der Waals surface area contributed by atoms with Gasteiger partial charge in [-0.05, 0) is 36.9 Å². The molecule has 19 heavy (non-hydrogen) atoms. The minimum absolute atomic E-state index is 0.734. The molecule has 2 aromatic rings. The highest BCUT2D eigenvalue weighted by atomic mass is 32.2. The van der Waals surface area contributed by atoms with E-state index in [9.17, 15) is 0 Å². The van der Waals surface area contributed by atoms with Crippen LogP contribution in [0.1, 0.15) is 6.42 Å². The van der Waals surface area contributed by atoms with Gasteiger partial charge in [-0.1, -0.05) is 30.3 Å². The Morgan fingerprint density at radius 3 is 2.53 bits per heavy atom. The quantitative estimate of drug-likeness (QED) is 0.600. The summed E-state index contributed by atoms with van der Waals surface area (Å²) in [5.41, 5.74) is 1.16. The predicted octanol–water partition coefficient (Wildman–Crippen LogP) is 4.29. The molecule has 0 saturated carbocycles. The number of para-hydroxylation sites is 2. The molecule has 1 N–H and O–H groups in total. The van der Waals surface area contributed by atoms with Crippen molar-refractivity contribution in [3.63, 3.8) is 0 Å². The smallest absolute Gasteiger partial charge is 0.132 e. The van der Waals surface area contributed by atoms with Crippen LogP contribution in [0.3, 0.4) is 0 Å². The zero-order chi connectivity index (χ0) is 13.3. The van der Waals surface area contributed by atoms with E-state index < -0.39 is 0 Å². The molecule has 0 saturated heterocycles. The molecule has 100 valence electrons. The number of ether oxygens (including phenoxy) is 1. The minimum atomic E-state index is 0.734. The summed E-state index contributed by atoms with van der Waals surface area (Å²) < 4.78 is 5.81. The van der Waals surface area contributed by atoms with E-state index in [-0.39, 0.29) is 0 Å². The fraction of sp³-hybridized carbons (Fsp3) is 0.250. The normalized spacial score (nSPS) is 10.2. The Bertz CT molecular complexity index is 487. The second-order valence-electron chi connectivity index (χ2n) is 4.15. The molecule has 0 spiro atoms. The molecule has 3 heteroatoms. The summed E-state index contributed by atoms with van der Waals surface area (Å²) in [6, 6.07) is 18.4. The molecule has 0 aliphatic rings. The highest BCUT2D eigenvalue weighted by Crippen LogP contribution is 2.26. The topological polar surface area (TPSA) is 21.3 Å². The molecular weight excluding hydrogens is 254 g/mol. The maximum Gasteiger partial charge on any atom is 0.132 e. The van der Waals surface area contributed by atoms with Gasteiger partial charge in [0.1, 0.15) is 5.75 Å². The molecule has 0 bridgehead atoms. The van der Waals surface area contributed by atoms with Gasteiger partial charge in [-0.15, -0.1) is 11.8 Å². The first-order valence-corrected chi connectivity index (χ1v) is 7.67. The Morgan fingerprint density at radius 1 is 1.00 bits per heavy atom. The van der Waals surface area contributed by atoms with Crippen molar-refractivity contribution in [3.05, 3.63) is 54.6 Å². The number of rotatable bonds is 7. The molecule has 2 nitrogen and oxygen atoms in total. The molecule has 0 atom stereocenters. The molecule has 0 radical (unpaired) electrons. The number of benzene rings is 2. The summed E-state index contributed by atoms with van der Waals surface area (Å²) >= 11 is 1.72. The summed E-state index contributed by atoms with van der Waals surface area (Å²) in [4.78, 5) is 1.19. The van der Waals surface area contributed by atoms with Gasteiger partial charge in [0, 0.05) is 17.1 Å². The van der Waals surface area contributed by atoms with Gasteiger partial charge < -0.3 is 10.1 Å². The van der Waals surface area contributed by atoms with Gasteiger partial charge in [0.2, 0.25) is 0 Å². The average Bonchev–Trinajstić information content (AvgIpc) is 2.48.